The minimum atomic E-state index is -1.55. The van der Waals surface area contributed by atoms with Crippen molar-refractivity contribution < 1.29 is 53.4 Å². The summed E-state index contributed by atoms with van der Waals surface area (Å²) in [6, 6.07) is 12.8. The number of H-pyrrole nitrogens is 1. The summed E-state index contributed by atoms with van der Waals surface area (Å²) in [4.78, 5) is 127. The summed E-state index contributed by atoms with van der Waals surface area (Å²) >= 11 is 1.81. The molecule has 3 aromatic carbocycles. The second kappa shape index (κ2) is 30.2. The number of thioether (sulfide) groups is 1. The number of hydrogen-bond acceptors (Lipinski definition) is 15. The second-order valence-corrected chi connectivity index (χ2v) is 24.3. The summed E-state index contributed by atoms with van der Waals surface area (Å²) in [7, 11) is 2.06. The molecular weight excluding hydrogens is 1100 g/mol. The van der Waals surface area contributed by atoms with E-state index in [1.165, 1.54) is 19.1 Å². The molecule has 16 N–H and O–H groups in total. The van der Waals surface area contributed by atoms with Crippen LogP contribution in [0.3, 0.4) is 0 Å². The van der Waals surface area contributed by atoms with E-state index in [-0.39, 0.29) is 85.2 Å². The van der Waals surface area contributed by atoms with Gasteiger partial charge in [-0.25, -0.2) is 4.79 Å². The average molecular weight is 1170 g/mol. The molecule has 0 bridgehead atoms. The summed E-state index contributed by atoms with van der Waals surface area (Å²) in [6.07, 6.45) is 3.43. The maximum atomic E-state index is 14.9. The number of aromatic hydroxyl groups is 1. The van der Waals surface area contributed by atoms with E-state index in [0.29, 0.717) is 30.4 Å². The third-order valence-corrected chi connectivity index (χ3v) is 18.2. The molecule has 10 amide bonds. The Morgan fingerprint density at radius 3 is 2.12 bits per heavy atom. The van der Waals surface area contributed by atoms with Gasteiger partial charge in [0, 0.05) is 65.4 Å². The van der Waals surface area contributed by atoms with Gasteiger partial charge in [-0.1, -0.05) is 88.7 Å². The number of unbranched alkanes of at least 4 members (excludes halogenated alkanes) is 2. The fourth-order valence-corrected chi connectivity index (χ4v) is 13.6. The first-order valence-corrected chi connectivity index (χ1v) is 30.6. The minimum absolute atomic E-state index is 0.00501. The Balaban J connectivity index is 1.13. The number of nitrogens with two attached hydrogens (primary N) is 2. The van der Waals surface area contributed by atoms with Crippen LogP contribution in [0.25, 0.3) is 10.9 Å². The number of phenols is 1. The molecule has 4 aromatic rings. The van der Waals surface area contributed by atoms with E-state index < -0.39 is 89.7 Å². The van der Waals surface area contributed by atoms with Crippen molar-refractivity contribution in [2.75, 3.05) is 23.8 Å². The Bertz CT molecular complexity index is 2850. The number of rotatable bonds is 22. The number of amides is 10. The highest BCUT2D eigenvalue weighted by Crippen LogP contribution is 2.33. The third-order valence-electron chi connectivity index (χ3n) is 14.2. The van der Waals surface area contributed by atoms with Gasteiger partial charge in [-0.05, 0) is 80.3 Å². The first kappa shape index (κ1) is 61.6. The van der Waals surface area contributed by atoms with Crippen molar-refractivity contribution >= 4 is 97.5 Å². The zero-order valence-corrected chi connectivity index (χ0v) is 47.2. The molecule has 0 aliphatic carbocycles. The Labute approximate surface area is 481 Å². The molecule has 4 heterocycles. The molecule has 11 atom stereocenters. The number of primary amides is 1. The average Bonchev–Trinajstić information content (AvgIpc) is 4.17. The monoisotopic (exact) mass is 1170 g/mol. The van der Waals surface area contributed by atoms with Crippen LogP contribution in [-0.4, -0.2) is 158 Å². The molecule has 0 unspecified atom stereocenters. The standard InChI is InChI=1S/C55H72N12O11S3/c1-30(68)46(48(57)71)66-54(77)43-29-81-80-28-42(63-49(72)36(56)23-31-11-3-2-4-12-31)53(76)61-39(24-32-18-20-34(69)21-19-32)51(74)62-40(25-33-26-59-37-14-6-5-13-35(33)37)52(75)60-38(50(73)64-43)15-9-10-22-58-45(70)17-8-7-16-44-47-41(27-79-44)65-55(78)67-47/h2-6,11-14,18-21,26,30,36,38-44,46-47,59,68-69H,7-10,15-17,22-25,27-29,56H2,1H3,(H2,57,71)(H,58,70)(H,60,75)(H,61,76)(H,62,74)(H,63,72)(H,64,73)(H,66,77)(H2,65,67,78)/t30-,36-,38+,39+,40-,41+,42+,43+,44+,46+,47+/m1/s1. The predicted octanol–water partition coefficient (Wildman–Crippen LogP) is 0.411. The molecule has 3 fully saturated rings. The molecule has 3 aliphatic rings. The van der Waals surface area contributed by atoms with E-state index in [9.17, 15) is 53.4 Å². The SMILES string of the molecule is C[C@@H](O)[C@H](NC(=O)[C@@H]1CSSC[C@H](NC(=O)[C@H](N)Cc2ccccc2)C(=O)N[C@@H](Cc2ccc(O)cc2)C(=O)N[C@H](Cc2c[nH]c3ccccc23)C(=O)N[C@@H](CCCCNC(=O)CCCC[C@@H]2SC[C@@H]3NC(=O)N[C@@H]32)C(=O)N1)C(N)=O. The van der Waals surface area contributed by atoms with Crippen LogP contribution in [0.15, 0.2) is 85.1 Å². The molecule has 0 spiro atoms. The van der Waals surface area contributed by atoms with E-state index in [0.717, 1.165) is 56.6 Å². The molecule has 23 nitrogen and oxygen atoms in total. The third kappa shape index (κ3) is 18.2. The molecular formula is C55H72N12O11S3. The number of carbonyl (C=O) groups excluding carboxylic acids is 9. The number of aliphatic hydroxyl groups excluding tert-OH is 1. The summed E-state index contributed by atoms with van der Waals surface area (Å²) < 4.78 is 0. The van der Waals surface area contributed by atoms with Crippen LogP contribution in [0.1, 0.15) is 68.6 Å². The van der Waals surface area contributed by atoms with Gasteiger partial charge in [0.1, 0.15) is 42.0 Å². The zero-order chi connectivity index (χ0) is 58.0. The molecule has 436 valence electrons. The van der Waals surface area contributed by atoms with E-state index in [2.05, 4.69) is 52.8 Å². The van der Waals surface area contributed by atoms with Crippen LogP contribution in [-0.2, 0) is 57.6 Å². The van der Waals surface area contributed by atoms with Crippen molar-refractivity contribution in [3.8, 4) is 5.75 Å². The van der Waals surface area contributed by atoms with Crippen molar-refractivity contribution in [3.63, 3.8) is 0 Å². The number of urea groups is 1. The van der Waals surface area contributed by atoms with E-state index in [1.54, 1.807) is 42.6 Å². The fourth-order valence-electron chi connectivity index (χ4n) is 9.75. The number of aromatic amines is 1. The number of hydrogen-bond donors (Lipinski definition) is 14. The van der Waals surface area contributed by atoms with Crippen molar-refractivity contribution in [2.24, 2.45) is 11.5 Å². The molecule has 0 radical (unpaired) electrons. The van der Waals surface area contributed by atoms with Gasteiger partial charge in [0.2, 0.25) is 47.3 Å². The number of fused-ring (bicyclic) bond motifs is 2. The number of phenolic OH excluding ortho intramolecular Hbond substituents is 1. The van der Waals surface area contributed by atoms with Gasteiger partial charge in [0.25, 0.3) is 0 Å². The molecule has 7 rings (SSSR count). The first-order valence-electron chi connectivity index (χ1n) is 27.0. The Morgan fingerprint density at radius 2 is 1.38 bits per heavy atom. The van der Waals surface area contributed by atoms with Crippen LogP contribution >= 0.6 is 33.3 Å². The quantitative estimate of drug-likeness (QED) is 0.0288. The number of nitrogens with one attached hydrogen (secondary N) is 10. The van der Waals surface area contributed by atoms with Crippen LogP contribution in [0.5, 0.6) is 5.75 Å². The van der Waals surface area contributed by atoms with Gasteiger partial charge in [-0.2, -0.15) is 11.8 Å². The number of carbonyl (C=O) groups is 9. The minimum Gasteiger partial charge on any atom is -0.508 e. The Morgan fingerprint density at radius 1 is 0.716 bits per heavy atom. The molecule has 1 aromatic heterocycles. The lowest BCUT2D eigenvalue weighted by Crippen LogP contribution is -2.61. The molecule has 3 aliphatic heterocycles. The second-order valence-electron chi connectivity index (χ2n) is 20.4. The highest BCUT2D eigenvalue weighted by molar-refractivity contribution is 8.76. The van der Waals surface area contributed by atoms with Gasteiger partial charge in [0.05, 0.1) is 24.2 Å². The molecule has 26 heteroatoms. The summed E-state index contributed by atoms with van der Waals surface area (Å²) in [5.74, 6) is -5.55. The highest BCUT2D eigenvalue weighted by Gasteiger charge is 2.43. The fraction of sp³-hybridized carbons (Fsp3) is 0.473. The lowest BCUT2D eigenvalue weighted by Gasteiger charge is -2.27. The predicted molar refractivity (Wildman–Crippen MR) is 310 cm³/mol. The highest BCUT2D eigenvalue weighted by atomic mass is 33.1. The van der Waals surface area contributed by atoms with E-state index in [4.69, 9.17) is 11.5 Å². The van der Waals surface area contributed by atoms with Gasteiger partial charge in [-0.15, -0.1) is 0 Å². The number of para-hydroxylation sites is 1. The number of aromatic nitrogens is 1. The van der Waals surface area contributed by atoms with E-state index in [1.807, 2.05) is 42.1 Å². The molecule has 81 heavy (non-hydrogen) atoms. The van der Waals surface area contributed by atoms with Gasteiger partial charge >= 0.3 is 6.03 Å². The first-order chi connectivity index (χ1) is 38.9. The molecule has 0 saturated carbocycles. The summed E-state index contributed by atoms with van der Waals surface area (Å²) in [5, 5.41) is 46.6. The lowest BCUT2D eigenvalue weighted by molar-refractivity contribution is -0.135. The van der Waals surface area contributed by atoms with Crippen molar-refractivity contribution in [2.45, 2.75) is 137 Å². The largest absolute Gasteiger partial charge is 0.508 e. The summed E-state index contributed by atoms with van der Waals surface area (Å²) in [5.41, 5.74) is 14.6. The zero-order valence-electron chi connectivity index (χ0n) is 44.8. The van der Waals surface area contributed by atoms with Crippen LogP contribution in [0.4, 0.5) is 4.79 Å². The number of benzene rings is 3. The topological polar surface area (TPSA) is 370 Å². The van der Waals surface area contributed by atoms with Crippen LogP contribution in [0, 0.1) is 0 Å². The lowest BCUT2D eigenvalue weighted by atomic mass is 10.0. The van der Waals surface area contributed by atoms with Crippen molar-refractivity contribution in [1.29, 1.82) is 0 Å². The molecule has 3 saturated heterocycles. The number of aliphatic hydroxyl groups is 1. The van der Waals surface area contributed by atoms with Gasteiger partial charge < -0.3 is 74.5 Å². The maximum absolute atomic E-state index is 14.9. The van der Waals surface area contributed by atoms with Crippen molar-refractivity contribution in [3.05, 3.63) is 102 Å². The Kier molecular flexibility index (Phi) is 22.9. The maximum Gasteiger partial charge on any atom is 0.315 e. The Hall–Kier alpha value is -7.00. The van der Waals surface area contributed by atoms with Gasteiger partial charge in [0.15, 0.2) is 0 Å². The van der Waals surface area contributed by atoms with Crippen molar-refractivity contribution in [1.82, 2.24) is 52.8 Å². The van der Waals surface area contributed by atoms with E-state index >= 15 is 0 Å². The van der Waals surface area contributed by atoms with Crippen LogP contribution in [0.2, 0.25) is 0 Å². The van der Waals surface area contributed by atoms with Gasteiger partial charge in [-0.3, -0.25) is 38.4 Å². The normalized spacial score (nSPS) is 23.9. The van der Waals surface area contributed by atoms with Crippen LogP contribution < -0.4 is 59.3 Å². The smallest absolute Gasteiger partial charge is 0.315 e. The summed E-state index contributed by atoms with van der Waals surface area (Å²) in [6.45, 7) is 1.50.